The fraction of sp³-hybridized carbons (Fsp3) is 0.680. The molecule has 3 rings (SSSR count). The number of carbonyl (C=O) groups excluding carboxylic acids is 1. The van der Waals surface area contributed by atoms with E-state index in [0.29, 0.717) is 19.1 Å². The van der Waals surface area contributed by atoms with Crippen LogP contribution in [0.15, 0.2) is 29.3 Å². The maximum absolute atomic E-state index is 12.9. The molecular formula is C25H41N5O2. The summed E-state index contributed by atoms with van der Waals surface area (Å²) in [4.78, 5) is 21.8. The predicted octanol–water partition coefficient (Wildman–Crippen LogP) is 2.86. The predicted molar refractivity (Wildman–Crippen MR) is 130 cm³/mol. The van der Waals surface area contributed by atoms with Gasteiger partial charge in [-0.1, -0.05) is 31.4 Å². The van der Waals surface area contributed by atoms with Crippen LogP contribution in [0, 0.1) is 5.92 Å². The number of benzene rings is 1. The van der Waals surface area contributed by atoms with Gasteiger partial charge in [0.05, 0.1) is 6.54 Å². The van der Waals surface area contributed by atoms with Crippen molar-refractivity contribution in [1.82, 2.24) is 20.4 Å². The first kappa shape index (κ1) is 24.4. The summed E-state index contributed by atoms with van der Waals surface area (Å²) < 4.78 is 5.84. The molecule has 2 aliphatic rings. The Bertz CT molecular complexity index is 746. The van der Waals surface area contributed by atoms with Gasteiger partial charge < -0.3 is 25.2 Å². The molecule has 32 heavy (non-hydrogen) atoms. The minimum Gasteiger partial charge on any atom is -0.492 e. The van der Waals surface area contributed by atoms with Gasteiger partial charge in [-0.2, -0.15) is 0 Å². The largest absolute Gasteiger partial charge is 0.492 e. The zero-order valence-corrected chi connectivity index (χ0v) is 20.1. The number of guanidine groups is 1. The van der Waals surface area contributed by atoms with E-state index in [-0.39, 0.29) is 12.0 Å². The number of likely N-dealkylation sites (N-methyl/N-ethyl adjacent to an activating group) is 1. The lowest BCUT2D eigenvalue weighted by molar-refractivity contribution is -0.135. The van der Waals surface area contributed by atoms with Crippen molar-refractivity contribution in [2.24, 2.45) is 10.9 Å². The smallest absolute Gasteiger partial charge is 0.225 e. The van der Waals surface area contributed by atoms with Crippen molar-refractivity contribution in [3.63, 3.8) is 0 Å². The normalized spacial score (nSPS) is 19.9. The minimum absolute atomic E-state index is 0.247. The average molecular weight is 444 g/mol. The third-order valence-corrected chi connectivity index (χ3v) is 6.26. The van der Waals surface area contributed by atoms with Gasteiger partial charge in [-0.25, -0.2) is 4.99 Å². The van der Waals surface area contributed by atoms with Crippen molar-refractivity contribution in [1.29, 1.82) is 0 Å². The topological polar surface area (TPSA) is 69.2 Å². The van der Waals surface area contributed by atoms with E-state index in [1.165, 1.54) is 19.3 Å². The number of rotatable bonds is 9. The van der Waals surface area contributed by atoms with E-state index in [1.807, 2.05) is 26.2 Å². The second-order valence-corrected chi connectivity index (χ2v) is 9.24. The van der Waals surface area contributed by atoms with Gasteiger partial charge in [0.25, 0.3) is 0 Å². The Morgan fingerprint density at radius 3 is 2.78 bits per heavy atom. The summed E-state index contributed by atoms with van der Waals surface area (Å²) in [5.41, 5.74) is 1.12. The fourth-order valence-electron chi connectivity index (χ4n) is 4.45. The molecule has 178 valence electrons. The van der Waals surface area contributed by atoms with E-state index in [1.54, 1.807) is 0 Å². The molecule has 2 N–H and O–H groups in total. The number of aliphatic imine (C=N–C) groups is 1. The Morgan fingerprint density at radius 2 is 2.03 bits per heavy atom. The van der Waals surface area contributed by atoms with Crippen LogP contribution in [0.3, 0.4) is 0 Å². The highest BCUT2D eigenvalue weighted by Crippen LogP contribution is 2.26. The zero-order valence-electron chi connectivity index (χ0n) is 20.1. The lowest BCUT2D eigenvalue weighted by Gasteiger charge is -2.26. The molecule has 1 aliphatic heterocycles. The van der Waals surface area contributed by atoms with Crippen molar-refractivity contribution < 1.29 is 9.53 Å². The molecule has 1 heterocycles. The molecule has 1 aliphatic carbocycles. The van der Waals surface area contributed by atoms with Crippen LogP contribution in [-0.2, 0) is 11.3 Å². The highest BCUT2D eigenvalue weighted by molar-refractivity contribution is 5.81. The third-order valence-electron chi connectivity index (χ3n) is 6.26. The molecule has 1 aromatic rings. The highest BCUT2D eigenvalue weighted by atomic mass is 16.5. The van der Waals surface area contributed by atoms with Gasteiger partial charge in [-0.3, -0.25) is 4.79 Å². The van der Waals surface area contributed by atoms with Gasteiger partial charge in [0, 0.05) is 38.1 Å². The summed E-state index contributed by atoms with van der Waals surface area (Å²) in [6.07, 6.45) is 6.78. The fourth-order valence-corrected chi connectivity index (χ4v) is 4.45. The number of hydrogen-bond acceptors (Lipinski definition) is 4. The molecule has 1 aromatic carbocycles. The number of nitrogens with one attached hydrogen (secondary N) is 2. The van der Waals surface area contributed by atoms with Gasteiger partial charge in [0.1, 0.15) is 12.4 Å². The zero-order chi connectivity index (χ0) is 22.8. The van der Waals surface area contributed by atoms with Crippen molar-refractivity contribution in [3.8, 4) is 5.75 Å². The molecule has 1 saturated carbocycles. The quantitative estimate of drug-likeness (QED) is 0.454. The number of likely N-dealkylation sites (tertiary alicyclic amines) is 1. The molecule has 0 bridgehead atoms. The molecule has 0 aromatic heterocycles. The first-order valence-electron chi connectivity index (χ1n) is 12.2. The van der Waals surface area contributed by atoms with Crippen LogP contribution in [0.5, 0.6) is 5.75 Å². The van der Waals surface area contributed by atoms with E-state index in [4.69, 9.17) is 9.73 Å². The average Bonchev–Trinajstić information content (AvgIpc) is 3.26. The highest BCUT2D eigenvalue weighted by Gasteiger charge is 2.31. The molecule has 0 spiro atoms. The summed E-state index contributed by atoms with van der Waals surface area (Å²) in [6.45, 7) is 6.63. The molecular weight excluding hydrogens is 402 g/mol. The van der Waals surface area contributed by atoms with Crippen molar-refractivity contribution >= 4 is 11.9 Å². The van der Waals surface area contributed by atoms with E-state index >= 15 is 0 Å². The van der Waals surface area contributed by atoms with Gasteiger partial charge >= 0.3 is 0 Å². The van der Waals surface area contributed by atoms with Crippen LogP contribution < -0.4 is 15.4 Å². The Hall–Kier alpha value is -2.28. The summed E-state index contributed by atoms with van der Waals surface area (Å²) in [5.74, 6) is 2.30. The number of carbonyl (C=O) groups is 1. The van der Waals surface area contributed by atoms with Crippen LogP contribution >= 0.6 is 0 Å². The number of amides is 1. The van der Waals surface area contributed by atoms with Gasteiger partial charge in [-0.05, 0) is 58.0 Å². The Balaban J connectivity index is 1.51. The number of nitrogens with zero attached hydrogens (tertiary/aromatic N) is 3. The molecule has 1 amide bonds. The van der Waals surface area contributed by atoms with Crippen molar-refractivity contribution in [2.45, 2.75) is 58.0 Å². The van der Waals surface area contributed by atoms with Gasteiger partial charge in [0.2, 0.25) is 5.91 Å². The first-order valence-corrected chi connectivity index (χ1v) is 12.2. The Morgan fingerprint density at radius 1 is 1.22 bits per heavy atom. The van der Waals surface area contributed by atoms with E-state index < -0.39 is 0 Å². The van der Waals surface area contributed by atoms with Gasteiger partial charge in [0.15, 0.2) is 5.96 Å². The van der Waals surface area contributed by atoms with E-state index in [9.17, 15) is 4.79 Å². The summed E-state index contributed by atoms with van der Waals surface area (Å²) in [6, 6.07) is 8.39. The maximum Gasteiger partial charge on any atom is 0.225 e. The molecule has 7 heteroatoms. The SMILES string of the molecule is CCNC(=NCc1cccc(OCCN(C)C)c1)NC1CCN(C(=O)C2CCCCC2)C1. The number of hydrogen-bond donors (Lipinski definition) is 2. The molecule has 1 saturated heterocycles. The third kappa shape index (κ3) is 7.69. The van der Waals surface area contributed by atoms with Crippen LogP contribution in [0.25, 0.3) is 0 Å². The standard InChI is InChI=1S/C25H41N5O2/c1-4-26-25(27-18-20-9-8-12-23(17-20)32-16-15-29(2)3)28-22-13-14-30(19-22)24(31)21-10-6-5-7-11-21/h8-9,12,17,21-22H,4-7,10-11,13-16,18-19H2,1-3H3,(H2,26,27,28). The minimum atomic E-state index is 0.247. The monoisotopic (exact) mass is 443 g/mol. The lowest BCUT2D eigenvalue weighted by atomic mass is 9.88. The lowest BCUT2D eigenvalue weighted by Crippen LogP contribution is -2.45. The molecule has 1 atom stereocenters. The Kier molecular flexibility index (Phi) is 9.65. The van der Waals surface area contributed by atoms with Crippen LogP contribution in [0.2, 0.25) is 0 Å². The maximum atomic E-state index is 12.9. The van der Waals surface area contributed by atoms with E-state index in [2.05, 4.69) is 39.5 Å². The molecule has 1 unspecified atom stereocenters. The van der Waals surface area contributed by atoms with Crippen LogP contribution in [0.4, 0.5) is 0 Å². The van der Waals surface area contributed by atoms with Gasteiger partial charge in [-0.15, -0.1) is 0 Å². The Labute approximate surface area is 193 Å². The van der Waals surface area contributed by atoms with Crippen molar-refractivity contribution in [3.05, 3.63) is 29.8 Å². The van der Waals surface area contributed by atoms with Crippen LogP contribution in [0.1, 0.15) is 51.0 Å². The van der Waals surface area contributed by atoms with E-state index in [0.717, 1.165) is 62.7 Å². The molecule has 0 radical (unpaired) electrons. The van der Waals surface area contributed by atoms with Crippen molar-refractivity contribution in [2.75, 3.05) is 46.9 Å². The summed E-state index contributed by atoms with van der Waals surface area (Å²) in [5, 5.41) is 6.89. The first-order chi connectivity index (χ1) is 15.5. The van der Waals surface area contributed by atoms with Crippen LogP contribution in [-0.4, -0.2) is 74.6 Å². The summed E-state index contributed by atoms with van der Waals surface area (Å²) >= 11 is 0. The molecule has 2 fully saturated rings. The summed E-state index contributed by atoms with van der Waals surface area (Å²) in [7, 11) is 4.08. The number of ether oxygens (including phenoxy) is 1. The second kappa shape index (κ2) is 12.7. The molecule has 7 nitrogen and oxygen atoms in total. The second-order valence-electron chi connectivity index (χ2n) is 9.24.